The van der Waals surface area contributed by atoms with E-state index in [1.165, 1.54) is 64.7 Å². The van der Waals surface area contributed by atoms with E-state index in [9.17, 15) is 0 Å². The number of guanidine groups is 1. The summed E-state index contributed by atoms with van der Waals surface area (Å²) in [5.74, 6) is 1.79. The highest BCUT2D eigenvalue weighted by Gasteiger charge is 2.40. The number of aliphatic imine (C=N–C) groups is 1. The van der Waals surface area contributed by atoms with Gasteiger partial charge in [-0.3, -0.25) is 9.89 Å². The summed E-state index contributed by atoms with van der Waals surface area (Å²) in [5.41, 5.74) is 0.319. The van der Waals surface area contributed by atoms with Crippen LogP contribution >= 0.6 is 0 Å². The molecule has 0 spiro atoms. The zero-order chi connectivity index (χ0) is 16.3. The molecule has 2 heterocycles. The van der Waals surface area contributed by atoms with E-state index in [4.69, 9.17) is 0 Å². The van der Waals surface area contributed by atoms with Gasteiger partial charge in [0.05, 0.1) is 0 Å². The molecule has 2 atom stereocenters. The highest BCUT2D eigenvalue weighted by atomic mass is 15.3. The number of likely N-dealkylation sites (tertiary alicyclic amines) is 2. The van der Waals surface area contributed by atoms with Crippen molar-refractivity contribution in [3.63, 3.8) is 0 Å². The summed E-state index contributed by atoms with van der Waals surface area (Å²) < 4.78 is 0. The quantitative estimate of drug-likeness (QED) is 0.608. The monoisotopic (exact) mass is 321 g/mol. The molecule has 0 bridgehead atoms. The normalized spacial score (nSPS) is 32.6. The Bertz CT molecular complexity index is 408. The lowest BCUT2D eigenvalue weighted by atomic mass is 9.84. The van der Waals surface area contributed by atoms with Gasteiger partial charge < -0.3 is 15.5 Å². The van der Waals surface area contributed by atoms with Crippen molar-refractivity contribution < 1.29 is 0 Å². The van der Waals surface area contributed by atoms with E-state index in [1.807, 2.05) is 7.05 Å². The molecule has 1 aliphatic carbocycles. The summed E-state index contributed by atoms with van der Waals surface area (Å²) in [5, 5.41) is 7.23. The van der Waals surface area contributed by atoms with Crippen molar-refractivity contribution in [2.75, 3.05) is 46.8 Å². The molecule has 23 heavy (non-hydrogen) atoms. The molecule has 0 aromatic rings. The van der Waals surface area contributed by atoms with Crippen LogP contribution in [0.5, 0.6) is 0 Å². The van der Waals surface area contributed by atoms with Crippen molar-refractivity contribution in [3.05, 3.63) is 0 Å². The van der Waals surface area contributed by atoms with Crippen LogP contribution in [-0.2, 0) is 0 Å². The molecule has 0 amide bonds. The van der Waals surface area contributed by atoms with Gasteiger partial charge in [-0.1, -0.05) is 13.3 Å². The van der Waals surface area contributed by atoms with Crippen molar-refractivity contribution in [2.45, 2.75) is 57.0 Å². The second-order valence-electron chi connectivity index (χ2n) is 7.96. The van der Waals surface area contributed by atoms with Crippen LogP contribution in [0, 0.1) is 5.92 Å². The molecule has 0 aromatic heterocycles. The fraction of sp³-hybridized carbons (Fsp3) is 0.944. The molecule has 2 N–H and O–H groups in total. The smallest absolute Gasteiger partial charge is 0.191 e. The van der Waals surface area contributed by atoms with Crippen molar-refractivity contribution in [2.24, 2.45) is 10.9 Å². The summed E-state index contributed by atoms with van der Waals surface area (Å²) >= 11 is 0. The molecule has 5 heteroatoms. The predicted octanol–water partition coefficient (Wildman–Crippen LogP) is 1.51. The molecule has 3 fully saturated rings. The highest BCUT2D eigenvalue weighted by molar-refractivity contribution is 5.80. The number of hydrogen-bond acceptors (Lipinski definition) is 3. The van der Waals surface area contributed by atoms with Crippen LogP contribution in [0.25, 0.3) is 0 Å². The second-order valence-corrected chi connectivity index (χ2v) is 7.96. The van der Waals surface area contributed by atoms with Crippen LogP contribution in [0.15, 0.2) is 4.99 Å². The van der Waals surface area contributed by atoms with Gasteiger partial charge in [0.15, 0.2) is 5.96 Å². The van der Waals surface area contributed by atoms with E-state index in [0.29, 0.717) is 11.6 Å². The minimum absolute atomic E-state index is 0.319. The fourth-order valence-corrected chi connectivity index (χ4v) is 4.15. The molecule has 2 saturated heterocycles. The molecule has 3 aliphatic rings. The zero-order valence-electron chi connectivity index (χ0n) is 15.3. The van der Waals surface area contributed by atoms with Crippen molar-refractivity contribution in [1.82, 2.24) is 20.4 Å². The fourth-order valence-electron chi connectivity index (χ4n) is 4.15. The lowest BCUT2D eigenvalue weighted by Gasteiger charge is -2.50. The second kappa shape index (κ2) is 7.39. The van der Waals surface area contributed by atoms with E-state index in [-0.39, 0.29) is 0 Å². The third-order valence-electron chi connectivity index (χ3n) is 6.18. The topological polar surface area (TPSA) is 42.9 Å². The average molecular weight is 322 g/mol. The summed E-state index contributed by atoms with van der Waals surface area (Å²) in [4.78, 5) is 9.70. The summed E-state index contributed by atoms with van der Waals surface area (Å²) in [6.07, 6.45) is 7.96. The standard InChI is InChI=1S/C18H35N5/c1-15-13-16(15)21-17(19-2)20-14-18(7-11-22(3)12-8-18)23-9-5-4-6-10-23/h15-16H,4-14H2,1-3H3,(H2,19,20,21). The van der Waals surface area contributed by atoms with E-state index >= 15 is 0 Å². The van der Waals surface area contributed by atoms with Crippen molar-refractivity contribution >= 4 is 5.96 Å². The molecule has 2 aliphatic heterocycles. The SMILES string of the molecule is CN=C(NCC1(N2CCCCC2)CCN(C)CC1)NC1CC1C. The van der Waals surface area contributed by atoms with Crippen LogP contribution in [-0.4, -0.2) is 74.2 Å². The Balaban J connectivity index is 1.61. The Morgan fingerprint density at radius 1 is 1.13 bits per heavy atom. The maximum Gasteiger partial charge on any atom is 0.191 e. The largest absolute Gasteiger partial charge is 0.355 e. The van der Waals surface area contributed by atoms with E-state index in [1.54, 1.807) is 0 Å². The summed E-state index contributed by atoms with van der Waals surface area (Å²) in [6.45, 7) is 8.31. The highest BCUT2D eigenvalue weighted by Crippen LogP contribution is 2.31. The van der Waals surface area contributed by atoms with Crippen LogP contribution < -0.4 is 10.6 Å². The lowest BCUT2D eigenvalue weighted by Crippen LogP contribution is -2.62. The van der Waals surface area contributed by atoms with Gasteiger partial charge in [-0.2, -0.15) is 0 Å². The molecule has 132 valence electrons. The van der Waals surface area contributed by atoms with Gasteiger partial charge in [0.2, 0.25) is 0 Å². The Kier molecular flexibility index (Phi) is 5.47. The van der Waals surface area contributed by atoms with E-state index in [2.05, 4.69) is 39.4 Å². The van der Waals surface area contributed by atoms with Gasteiger partial charge in [-0.05, 0) is 71.2 Å². The van der Waals surface area contributed by atoms with Gasteiger partial charge >= 0.3 is 0 Å². The Morgan fingerprint density at radius 3 is 2.35 bits per heavy atom. The Morgan fingerprint density at radius 2 is 1.78 bits per heavy atom. The van der Waals surface area contributed by atoms with Gasteiger partial charge in [0.25, 0.3) is 0 Å². The lowest BCUT2D eigenvalue weighted by molar-refractivity contribution is 0.0173. The van der Waals surface area contributed by atoms with Crippen LogP contribution in [0.1, 0.15) is 45.4 Å². The number of piperidine rings is 2. The predicted molar refractivity (Wildman–Crippen MR) is 97.0 cm³/mol. The maximum atomic E-state index is 4.44. The van der Waals surface area contributed by atoms with Crippen molar-refractivity contribution in [3.8, 4) is 0 Å². The molecular formula is C18H35N5. The van der Waals surface area contributed by atoms with Crippen LogP contribution in [0.3, 0.4) is 0 Å². The van der Waals surface area contributed by atoms with Gasteiger partial charge in [0, 0.05) is 25.2 Å². The minimum Gasteiger partial charge on any atom is -0.355 e. The molecule has 0 radical (unpaired) electrons. The number of nitrogens with one attached hydrogen (secondary N) is 2. The minimum atomic E-state index is 0.319. The third kappa shape index (κ3) is 4.18. The number of hydrogen-bond donors (Lipinski definition) is 2. The molecule has 5 nitrogen and oxygen atoms in total. The van der Waals surface area contributed by atoms with E-state index in [0.717, 1.165) is 18.4 Å². The first-order chi connectivity index (χ1) is 11.1. The molecule has 2 unspecified atom stereocenters. The first kappa shape index (κ1) is 17.0. The third-order valence-corrected chi connectivity index (χ3v) is 6.18. The molecule has 0 aromatic carbocycles. The van der Waals surface area contributed by atoms with Crippen LogP contribution in [0.2, 0.25) is 0 Å². The van der Waals surface area contributed by atoms with Gasteiger partial charge in [0.1, 0.15) is 0 Å². The first-order valence-corrected chi connectivity index (χ1v) is 9.54. The Labute approximate surface area is 141 Å². The maximum absolute atomic E-state index is 4.44. The molecule has 1 saturated carbocycles. The first-order valence-electron chi connectivity index (χ1n) is 9.54. The van der Waals surface area contributed by atoms with Gasteiger partial charge in [-0.15, -0.1) is 0 Å². The van der Waals surface area contributed by atoms with Crippen LogP contribution in [0.4, 0.5) is 0 Å². The number of nitrogens with zero attached hydrogens (tertiary/aromatic N) is 3. The molecular weight excluding hydrogens is 286 g/mol. The average Bonchev–Trinajstić information content (AvgIpc) is 3.29. The summed E-state index contributed by atoms with van der Waals surface area (Å²) in [7, 11) is 4.15. The van der Waals surface area contributed by atoms with Gasteiger partial charge in [-0.25, -0.2) is 0 Å². The molecule has 3 rings (SSSR count). The Hall–Kier alpha value is -0.810. The number of rotatable bonds is 4. The van der Waals surface area contributed by atoms with Crippen molar-refractivity contribution in [1.29, 1.82) is 0 Å². The zero-order valence-corrected chi connectivity index (χ0v) is 15.3. The van der Waals surface area contributed by atoms with E-state index < -0.39 is 0 Å². The summed E-state index contributed by atoms with van der Waals surface area (Å²) in [6, 6.07) is 0.629.